The molecular weight excluding hydrogens is 162 g/mol. The van der Waals surface area contributed by atoms with Crippen LogP contribution in [0.2, 0.25) is 0 Å². The molecule has 68 valence electrons. The summed E-state index contributed by atoms with van der Waals surface area (Å²) in [5.41, 5.74) is 2.43. The maximum atomic E-state index is 8.79. The molecule has 0 aliphatic rings. The third-order valence-corrected chi connectivity index (χ3v) is 2.35. The highest BCUT2D eigenvalue weighted by Gasteiger charge is 1.98. The van der Waals surface area contributed by atoms with Gasteiger partial charge in [-0.3, -0.25) is 0 Å². The summed E-state index contributed by atoms with van der Waals surface area (Å²) in [6.07, 6.45) is 2.79. The van der Waals surface area contributed by atoms with E-state index in [0.717, 1.165) is 6.42 Å². The highest BCUT2D eigenvalue weighted by Crippen LogP contribution is 2.16. The van der Waals surface area contributed by atoms with Gasteiger partial charge < -0.3 is 9.67 Å². The zero-order valence-electron chi connectivity index (χ0n) is 7.70. The van der Waals surface area contributed by atoms with Crippen molar-refractivity contribution in [2.75, 3.05) is 6.61 Å². The summed E-state index contributed by atoms with van der Waals surface area (Å²) in [7, 11) is 2.04. The number of aliphatic hydroxyl groups excluding tert-OH is 1. The van der Waals surface area contributed by atoms with Crippen LogP contribution >= 0.6 is 0 Å². The summed E-state index contributed by atoms with van der Waals surface area (Å²) in [6, 6.07) is 8.39. The summed E-state index contributed by atoms with van der Waals surface area (Å²) in [5.74, 6) is 0. The van der Waals surface area contributed by atoms with Gasteiger partial charge in [0.05, 0.1) is 0 Å². The Balaban J connectivity index is 2.50. The van der Waals surface area contributed by atoms with Gasteiger partial charge in [0.1, 0.15) is 0 Å². The molecule has 0 aliphatic heterocycles. The van der Waals surface area contributed by atoms with Gasteiger partial charge in [0.2, 0.25) is 0 Å². The molecule has 0 saturated heterocycles. The molecule has 2 heteroatoms. The number of rotatable bonds is 2. The first-order valence-electron chi connectivity index (χ1n) is 4.46. The van der Waals surface area contributed by atoms with Crippen LogP contribution in [0.3, 0.4) is 0 Å². The normalized spacial score (nSPS) is 10.9. The molecule has 0 atom stereocenters. The van der Waals surface area contributed by atoms with Crippen molar-refractivity contribution in [3.63, 3.8) is 0 Å². The van der Waals surface area contributed by atoms with Gasteiger partial charge in [0.25, 0.3) is 0 Å². The Labute approximate surface area is 77.4 Å². The van der Waals surface area contributed by atoms with Crippen molar-refractivity contribution in [3.05, 3.63) is 36.0 Å². The Kier molecular flexibility index (Phi) is 2.07. The number of nitrogens with zero attached hydrogens (tertiary/aromatic N) is 1. The van der Waals surface area contributed by atoms with Crippen LogP contribution in [-0.4, -0.2) is 16.3 Å². The summed E-state index contributed by atoms with van der Waals surface area (Å²) in [4.78, 5) is 0. The van der Waals surface area contributed by atoms with E-state index in [2.05, 4.69) is 28.8 Å². The highest BCUT2D eigenvalue weighted by molar-refractivity contribution is 5.80. The van der Waals surface area contributed by atoms with E-state index in [4.69, 9.17) is 5.11 Å². The van der Waals surface area contributed by atoms with E-state index in [9.17, 15) is 0 Å². The van der Waals surface area contributed by atoms with Crippen molar-refractivity contribution in [1.82, 2.24) is 4.57 Å². The number of aliphatic hydroxyl groups is 1. The number of hydrogen-bond acceptors (Lipinski definition) is 1. The molecule has 1 N–H and O–H groups in total. The first kappa shape index (κ1) is 8.32. The average molecular weight is 175 g/mol. The molecular formula is C11H13NO. The minimum absolute atomic E-state index is 0.221. The molecule has 0 unspecified atom stereocenters. The van der Waals surface area contributed by atoms with Crippen LogP contribution in [0.4, 0.5) is 0 Å². The number of aryl methyl sites for hydroxylation is 1. The fourth-order valence-corrected chi connectivity index (χ4v) is 1.62. The molecule has 0 bridgehead atoms. The van der Waals surface area contributed by atoms with E-state index in [1.165, 1.54) is 16.5 Å². The second kappa shape index (κ2) is 3.23. The predicted molar refractivity (Wildman–Crippen MR) is 53.7 cm³/mol. The minimum Gasteiger partial charge on any atom is -0.396 e. The van der Waals surface area contributed by atoms with Crippen LogP contribution in [0, 0.1) is 0 Å². The van der Waals surface area contributed by atoms with E-state index in [1.807, 2.05) is 13.2 Å². The molecule has 0 fully saturated rings. The third kappa shape index (κ3) is 1.45. The van der Waals surface area contributed by atoms with Crippen molar-refractivity contribution < 1.29 is 5.11 Å². The van der Waals surface area contributed by atoms with Gasteiger partial charge in [-0.25, -0.2) is 0 Å². The van der Waals surface area contributed by atoms with Gasteiger partial charge in [-0.15, -0.1) is 0 Å². The number of benzene rings is 1. The summed E-state index contributed by atoms with van der Waals surface area (Å²) in [5, 5.41) is 10.0. The maximum Gasteiger partial charge on any atom is 0.0477 e. The van der Waals surface area contributed by atoms with Gasteiger partial charge >= 0.3 is 0 Å². The van der Waals surface area contributed by atoms with Crippen molar-refractivity contribution in [2.45, 2.75) is 6.42 Å². The number of aromatic nitrogens is 1. The zero-order valence-corrected chi connectivity index (χ0v) is 7.70. The van der Waals surface area contributed by atoms with E-state index >= 15 is 0 Å². The molecule has 1 aromatic heterocycles. The van der Waals surface area contributed by atoms with Gasteiger partial charge in [-0.1, -0.05) is 6.07 Å². The lowest BCUT2D eigenvalue weighted by Crippen LogP contribution is -1.90. The highest BCUT2D eigenvalue weighted by atomic mass is 16.2. The van der Waals surface area contributed by atoms with Crippen LogP contribution in [0.5, 0.6) is 0 Å². The molecule has 1 aromatic carbocycles. The van der Waals surface area contributed by atoms with Crippen molar-refractivity contribution in [3.8, 4) is 0 Å². The Morgan fingerprint density at radius 2 is 2.15 bits per heavy atom. The SMILES string of the molecule is Cn1ccc2cc(CCO)ccc21. The van der Waals surface area contributed by atoms with E-state index in [-0.39, 0.29) is 6.61 Å². The quantitative estimate of drug-likeness (QED) is 0.738. The van der Waals surface area contributed by atoms with Crippen LogP contribution in [0.1, 0.15) is 5.56 Å². The van der Waals surface area contributed by atoms with Crippen LogP contribution in [0.25, 0.3) is 10.9 Å². The van der Waals surface area contributed by atoms with E-state index in [1.54, 1.807) is 0 Å². The Bertz CT molecular complexity index is 417. The average Bonchev–Trinajstić information content (AvgIpc) is 2.48. The summed E-state index contributed by atoms with van der Waals surface area (Å²) >= 11 is 0. The van der Waals surface area contributed by atoms with Gasteiger partial charge in [-0.05, 0) is 35.6 Å². The molecule has 0 radical (unpaired) electrons. The van der Waals surface area contributed by atoms with Crippen LogP contribution in [0.15, 0.2) is 30.5 Å². The van der Waals surface area contributed by atoms with E-state index in [0.29, 0.717) is 0 Å². The van der Waals surface area contributed by atoms with Crippen molar-refractivity contribution in [1.29, 1.82) is 0 Å². The van der Waals surface area contributed by atoms with Gasteiger partial charge in [0.15, 0.2) is 0 Å². The standard InChI is InChI=1S/C11H13NO/c1-12-6-4-10-8-9(5-7-13)2-3-11(10)12/h2-4,6,8,13H,5,7H2,1H3. The molecule has 0 spiro atoms. The maximum absolute atomic E-state index is 8.79. The Morgan fingerprint density at radius 3 is 2.92 bits per heavy atom. The summed E-state index contributed by atoms with van der Waals surface area (Å²) < 4.78 is 2.10. The largest absolute Gasteiger partial charge is 0.396 e. The second-order valence-corrected chi connectivity index (χ2v) is 3.29. The second-order valence-electron chi connectivity index (χ2n) is 3.29. The molecule has 2 rings (SSSR count). The zero-order chi connectivity index (χ0) is 9.26. The lowest BCUT2D eigenvalue weighted by atomic mass is 10.1. The number of fused-ring (bicyclic) bond motifs is 1. The summed E-state index contributed by atoms with van der Waals surface area (Å²) in [6.45, 7) is 0.221. The van der Waals surface area contributed by atoms with Gasteiger partial charge in [0, 0.05) is 25.4 Å². The monoisotopic (exact) mass is 175 g/mol. The predicted octanol–water partition coefficient (Wildman–Crippen LogP) is 1.71. The van der Waals surface area contributed by atoms with Crippen LogP contribution in [-0.2, 0) is 13.5 Å². The fourth-order valence-electron chi connectivity index (χ4n) is 1.62. The molecule has 2 aromatic rings. The van der Waals surface area contributed by atoms with Crippen molar-refractivity contribution >= 4 is 10.9 Å². The Hall–Kier alpha value is -1.28. The van der Waals surface area contributed by atoms with E-state index < -0.39 is 0 Å². The Morgan fingerprint density at radius 1 is 1.31 bits per heavy atom. The fraction of sp³-hybridized carbons (Fsp3) is 0.273. The van der Waals surface area contributed by atoms with Gasteiger partial charge in [-0.2, -0.15) is 0 Å². The molecule has 1 heterocycles. The van der Waals surface area contributed by atoms with Crippen molar-refractivity contribution in [2.24, 2.45) is 7.05 Å². The molecule has 0 amide bonds. The number of hydrogen-bond donors (Lipinski definition) is 1. The van der Waals surface area contributed by atoms with Crippen LogP contribution < -0.4 is 0 Å². The topological polar surface area (TPSA) is 25.2 Å². The minimum atomic E-state index is 0.221. The third-order valence-electron chi connectivity index (χ3n) is 2.35. The smallest absolute Gasteiger partial charge is 0.0477 e. The molecule has 0 saturated carbocycles. The molecule has 0 aliphatic carbocycles. The lowest BCUT2D eigenvalue weighted by Gasteiger charge is -1.99. The lowest BCUT2D eigenvalue weighted by molar-refractivity contribution is 0.299. The molecule has 13 heavy (non-hydrogen) atoms. The first-order chi connectivity index (χ1) is 6.31. The first-order valence-corrected chi connectivity index (χ1v) is 4.46. The molecule has 2 nitrogen and oxygen atoms in total.